The molecule has 0 saturated carbocycles. The van der Waals surface area contributed by atoms with Crippen LogP contribution in [0.5, 0.6) is 0 Å². The molecular weight excluding hydrogens is 220 g/mol. The molecular formula is C12H24N2OS. The number of hydrogen-bond donors (Lipinski definition) is 1. The first-order valence-electron chi connectivity index (χ1n) is 6.33. The summed E-state index contributed by atoms with van der Waals surface area (Å²) in [7, 11) is 0. The van der Waals surface area contributed by atoms with Crippen molar-refractivity contribution < 1.29 is 4.74 Å². The number of hydrogen-bond acceptors (Lipinski definition) is 4. The smallest absolute Gasteiger partial charge is 0.0632 e. The van der Waals surface area contributed by atoms with Gasteiger partial charge in [-0.15, -0.1) is 0 Å². The topological polar surface area (TPSA) is 24.5 Å². The Bertz CT molecular complexity index is 217. The minimum absolute atomic E-state index is 0.464. The van der Waals surface area contributed by atoms with Crippen LogP contribution < -0.4 is 5.32 Å². The molecule has 2 rings (SSSR count). The van der Waals surface area contributed by atoms with Gasteiger partial charge in [-0.25, -0.2) is 0 Å². The molecule has 0 aromatic heterocycles. The molecule has 2 fully saturated rings. The molecule has 4 heteroatoms. The molecule has 0 radical (unpaired) electrons. The molecule has 2 aliphatic heterocycles. The molecule has 2 heterocycles. The summed E-state index contributed by atoms with van der Waals surface area (Å²) in [6.07, 6.45) is 1.30. The molecule has 3 nitrogen and oxygen atoms in total. The van der Waals surface area contributed by atoms with Crippen molar-refractivity contribution in [1.29, 1.82) is 0 Å². The summed E-state index contributed by atoms with van der Waals surface area (Å²) in [4.78, 5) is 2.59. The normalized spacial score (nSPS) is 32.2. The van der Waals surface area contributed by atoms with Crippen molar-refractivity contribution in [3.8, 4) is 0 Å². The third-order valence-corrected chi connectivity index (χ3v) is 4.78. The molecule has 0 amide bonds. The van der Waals surface area contributed by atoms with Crippen molar-refractivity contribution in [2.45, 2.75) is 31.1 Å². The Balaban J connectivity index is 1.76. The van der Waals surface area contributed by atoms with Crippen LogP contribution in [-0.2, 0) is 4.74 Å². The number of morpholine rings is 1. The molecule has 0 bridgehead atoms. The number of nitrogens with one attached hydrogen (secondary N) is 1. The van der Waals surface area contributed by atoms with Crippen LogP contribution in [0.2, 0.25) is 0 Å². The maximum atomic E-state index is 5.50. The van der Waals surface area contributed by atoms with E-state index in [0.29, 0.717) is 10.8 Å². The van der Waals surface area contributed by atoms with Gasteiger partial charge in [0.25, 0.3) is 0 Å². The lowest BCUT2D eigenvalue weighted by atomic mass is 10.1. The second kappa shape index (κ2) is 5.71. The minimum atomic E-state index is 0.464. The van der Waals surface area contributed by atoms with Gasteiger partial charge >= 0.3 is 0 Å². The van der Waals surface area contributed by atoms with Crippen LogP contribution in [0.1, 0.15) is 20.3 Å². The molecule has 0 aromatic carbocycles. The molecule has 2 aliphatic rings. The van der Waals surface area contributed by atoms with Crippen LogP contribution in [0.25, 0.3) is 0 Å². The summed E-state index contributed by atoms with van der Waals surface area (Å²) in [6, 6.07) is 0.542. The van der Waals surface area contributed by atoms with E-state index >= 15 is 0 Å². The third kappa shape index (κ3) is 3.91. The predicted molar refractivity (Wildman–Crippen MR) is 70.2 cm³/mol. The first-order valence-corrected chi connectivity index (χ1v) is 7.32. The summed E-state index contributed by atoms with van der Waals surface area (Å²) >= 11 is 2.11. The quantitative estimate of drug-likeness (QED) is 0.789. The van der Waals surface area contributed by atoms with E-state index in [1.165, 1.54) is 25.3 Å². The lowest BCUT2D eigenvalue weighted by Gasteiger charge is -2.30. The van der Waals surface area contributed by atoms with Crippen LogP contribution in [0.3, 0.4) is 0 Å². The molecule has 94 valence electrons. The largest absolute Gasteiger partial charge is 0.378 e. The highest BCUT2D eigenvalue weighted by Crippen LogP contribution is 2.30. The summed E-state index contributed by atoms with van der Waals surface area (Å²) < 4.78 is 5.96. The molecule has 1 atom stereocenters. The van der Waals surface area contributed by atoms with E-state index in [2.05, 4.69) is 35.8 Å². The fraction of sp³-hybridized carbons (Fsp3) is 1.00. The first-order chi connectivity index (χ1) is 7.66. The first kappa shape index (κ1) is 12.7. The van der Waals surface area contributed by atoms with Gasteiger partial charge in [0.1, 0.15) is 0 Å². The fourth-order valence-corrected chi connectivity index (χ4v) is 3.43. The van der Waals surface area contributed by atoms with E-state index in [0.717, 1.165) is 26.3 Å². The van der Waals surface area contributed by atoms with Gasteiger partial charge < -0.3 is 15.0 Å². The number of thioether (sulfide) groups is 1. The Labute approximate surface area is 103 Å². The zero-order valence-corrected chi connectivity index (χ0v) is 11.3. The van der Waals surface area contributed by atoms with Gasteiger partial charge in [-0.1, -0.05) is 13.8 Å². The third-order valence-electron chi connectivity index (χ3n) is 3.41. The van der Waals surface area contributed by atoms with Gasteiger partial charge in [0.15, 0.2) is 0 Å². The summed E-state index contributed by atoms with van der Waals surface area (Å²) in [6.45, 7) is 11.1. The standard InChI is InChI=1S/C12H24N2OS/c1-12(2)3-5-14(6-8-16-12)9-11-10-15-7-4-13-11/h11,13H,3-10H2,1-2H3. The Morgan fingerprint density at radius 1 is 1.44 bits per heavy atom. The highest BCUT2D eigenvalue weighted by Gasteiger charge is 2.25. The van der Waals surface area contributed by atoms with Crippen LogP contribution in [-0.4, -0.2) is 60.8 Å². The van der Waals surface area contributed by atoms with Crippen LogP contribution >= 0.6 is 11.8 Å². The maximum absolute atomic E-state index is 5.50. The van der Waals surface area contributed by atoms with E-state index in [4.69, 9.17) is 4.74 Å². The molecule has 2 saturated heterocycles. The van der Waals surface area contributed by atoms with E-state index in [1.54, 1.807) is 0 Å². The van der Waals surface area contributed by atoms with Gasteiger partial charge in [-0.3, -0.25) is 0 Å². The van der Waals surface area contributed by atoms with Crippen molar-refractivity contribution >= 4 is 11.8 Å². The van der Waals surface area contributed by atoms with Crippen molar-refractivity contribution in [1.82, 2.24) is 10.2 Å². The van der Waals surface area contributed by atoms with Crippen LogP contribution in [0.4, 0.5) is 0 Å². The van der Waals surface area contributed by atoms with Crippen molar-refractivity contribution in [3.63, 3.8) is 0 Å². The summed E-state index contributed by atoms with van der Waals surface area (Å²) in [5.41, 5.74) is 0. The minimum Gasteiger partial charge on any atom is -0.378 e. The van der Waals surface area contributed by atoms with E-state index < -0.39 is 0 Å². The highest BCUT2D eigenvalue weighted by molar-refractivity contribution is 8.00. The van der Waals surface area contributed by atoms with Gasteiger partial charge in [0.2, 0.25) is 0 Å². The Kier molecular flexibility index (Phi) is 4.53. The Morgan fingerprint density at radius 2 is 2.31 bits per heavy atom. The van der Waals surface area contributed by atoms with Gasteiger partial charge in [0, 0.05) is 36.2 Å². The van der Waals surface area contributed by atoms with Crippen molar-refractivity contribution in [2.75, 3.05) is 45.1 Å². The van der Waals surface area contributed by atoms with E-state index in [-0.39, 0.29) is 0 Å². The molecule has 0 spiro atoms. The molecule has 16 heavy (non-hydrogen) atoms. The monoisotopic (exact) mass is 244 g/mol. The summed E-state index contributed by atoms with van der Waals surface area (Å²) in [5.74, 6) is 1.26. The maximum Gasteiger partial charge on any atom is 0.0632 e. The SMILES string of the molecule is CC1(C)CCN(CC2COCCN2)CCS1. The number of ether oxygens (including phenoxy) is 1. The second-order valence-corrected chi connectivity index (χ2v) is 7.19. The van der Waals surface area contributed by atoms with Gasteiger partial charge in [-0.05, 0) is 13.0 Å². The molecule has 0 aliphatic carbocycles. The van der Waals surface area contributed by atoms with Crippen molar-refractivity contribution in [2.24, 2.45) is 0 Å². The second-order valence-electron chi connectivity index (χ2n) is 5.38. The van der Waals surface area contributed by atoms with Gasteiger partial charge in [-0.2, -0.15) is 11.8 Å². The lowest BCUT2D eigenvalue weighted by Crippen LogP contribution is -2.48. The predicted octanol–water partition coefficient (Wildman–Crippen LogP) is 1.19. The fourth-order valence-electron chi connectivity index (χ4n) is 2.29. The molecule has 0 aromatic rings. The Morgan fingerprint density at radius 3 is 3.06 bits per heavy atom. The van der Waals surface area contributed by atoms with Crippen LogP contribution in [0, 0.1) is 0 Å². The zero-order valence-electron chi connectivity index (χ0n) is 10.5. The van der Waals surface area contributed by atoms with Gasteiger partial charge in [0.05, 0.1) is 13.2 Å². The summed E-state index contributed by atoms with van der Waals surface area (Å²) in [5, 5.41) is 3.53. The molecule has 1 N–H and O–H groups in total. The average Bonchev–Trinajstić information content (AvgIpc) is 2.42. The van der Waals surface area contributed by atoms with E-state index in [1.807, 2.05) is 0 Å². The highest BCUT2D eigenvalue weighted by atomic mass is 32.2. The average molecular weight is 244 g/mol. The molecule has 1 unspecified atom stereocenters. The van der Waals surface area contributed by atoms with E-state index in [9.17, 15) is 0 Å². The van der Waals surface area contributed by atoms with Crippen LogP contribution in [0.15, 0.2) is 0 Å². The number of rotatable bonds is 2. The zero-order chi connectivity index (χ0) is 11.4. The lowest BCUT2D eigenvalue weighted by molar-refractivity contribution is 0.0626. The van der Waals surface area contributed by atoms with Crippen molar-refractivity contribution in [3.05, 3.63) is 0 Å². The Hall–Kier alpha value is 0.230. The number of nitrogens with zero attached hydrogens (tertiary/aromatic N) is 1.